The molecule has 6 heteroatoms. The molecule has 0 aliphatic heterocycles. The molecule has 1 atom stereocenters. The molecule has 0 aromatic heterocycles. The van der Waals surface area contributed by atoms with Gasteiger partial charge in [0.2, 0.25) is 10.0 Å². The van der Waals surface area contributed by atoms with E-state index in [0.29, 0.717) is 5.69 Å². The highest BCUT2D eigenvalue weighted by Gasteiger charge is 2.30. The Hall–Kier alpha value is -2.80. The van der Waals surface area contributed by atoms with Crippen molar-refractivity contribution in [3.63, 3.8) is 0 Å². The Morgan fingerprint density at radius 2 is 1.52 bits per heavy atom. The minimum Gasteiger partial charge on any atom is -0.328 e. The Labute approximate surface area is 201 Å². The van der Waals surface area contributed by atoms with E-state index in [0.717, 1.165) is 18.4 Å². The van der Waals surface area contributed by atoms with Gasteiger partial charge in [0.25, 0.3) is 0 Å². The molecule has 0 saturated heterocycles. The molecular formula is C27H28N2O2S2. The minimum atomic E-state index is -3.69. The lowest BCUT2D eigenvalue weighted by atomic mass is 9.90. The summed E-state index contributed by atoms with van der Waals surface area (Å²) in [6.45, 7) is 2.34. The van der Waals surface area contributed by atoms with Crippen molar-refractivity contribution in [3.8, 4) is 0 Å². The predicted molar refractivity (Wildman–Crippen MR) is 139 cm³/mol. The molecule has 0 amide bonds. The maximum atomic E-state index is 13.1. The van der Waals surface area contributed by atoms with E-state index in [-0.39, 0.29) is 16.2 Å². The topological polar surface area (TPSA) is 58.2 Å². The zero-order chi connectivity index (χ0) is 23.2. The third-order valence-electron chi connectivity index (χ3n) is 5.62. The van der Waals surface area contributed by atoms with E-state index < -0.39 is 10.0 Å². The lowest BCUT2D eigenvalue weighted by molar-refractivity contribution is 0.581. The van der Waals surface area contributed by atoms with Crippen molar-refractivity contribution >= 4 is 27.7 Å². The van der Waals surface area contributed by atoms with Gasteiger partial charge in [0.15, 0.2) is 0 Å². The first-order valence-corrected chi connectivity index (χ1v) is 13.2. The molecule has 0 heterocycles. The zero-order valence-electron chi connectivity index (χ0n) is 18.6. The van der Waals surface area contributed by atoms with Crippen LogP contribution in [-0.2, 0) is 23.0 Å². The first kappa shape index (κ1) is 23.4. The summed E-state index contributed by atoms with van der Waals surface area (Å²) in [5.74, 6) is 0. The Kier molecular flexibility index (Phi) is 7.38. The van der Waals surface area contributed by atoms with Crippen LogP contribution in [0, 0.1) is 0 Å². The van der Waals surface area contributed by atoms with Crippen LogP contribution in [-0.4, -0.2) is 13.2 Å². The standard InChI is InChI=1S/C27H28N2O2S2/c1-22-16-18-27(19-17-22,20-23-10-4-2-5-11-23)32-29-25-14-8-9-15-26(25)33(30,31)28-21-24-12-6-3-7-13-24/h2-18,28-29H,19-21H2,1H3. The van der Waals surface area contributed by atoms with Crippen molar-refractivity contribution in [1.82, 2.24) is 4.72 Å². The summed E-state index contributed by atoms with van der Waals surface area (Å²) in [4.78, 5) is 0.245. The van der Waals surface area contributed by atoms with Crippen LogP contribution in [0.2, 0.25) is 0 Å². The van der Waals surface area contributed by atoms with Crippen molar-refractivity contribution in [2.24, 2.45) is 0 Å². The number of anilines is 1. The second-order valence-corrected chi connectivity index (χ2v) is 11.2. The molecule has 1 aliphatic carbocycles. The van der Waals surface area contributed by atoms with E-state index in [9.17, 15) is 8.42 Å². The molecule has 170 valence electrons. The maximum absolute atomic E-state index is 13.1. The third-order valence-corrected chi connectivity index (χ3v) is 8.25. The van der Waals surface area contributed by atoms with Gasteiger partial charge in [-0.25, -0.2) is 13.1 Å². The molecular weight excluding hydrogens is 448 g/mol. The van der Waals surface area contributed by atoms with E-state index in [4.69, 9.17) is 0 Å². The van der Waals surface area contributed by atoms with Crippen LogP contribution in [0.5, 0.6) is 0 Å². The van der Waals surface area contributed by atoms with Crippen molar-refractivity contribution in [3.05, 3.63) is 120 Å². The maximum Gasteiger partial charge on any atom is 0.242 e. The molecule has 33 heavy (non-hydrogen) atoms. The molecule has 2 N–H and O–H groups in total. The summed E-state index contributed by atoms with van der Waals surface area (Å²) in [5, 5.41) is 0. The largest absolute Gasteiger partial charge is 0.328 e. The molecule has 0 radical (unpaired) electrons. The molecule has 3 aromatic rings. The van der Waals surface area contributed by atoms with Crippen molar-refractivity contribution in [2.45, 2.75) is 36.0 Å². The molecule has 1 unspecified atom stereocenters. The second kappa shape index (κ2) is 10.4. The summed E-state index contributed by atoms with van der Waals surface area (Å²) in [5.41, 5.74) is 3.98. The first-order chi connectivity index (χ1) is 16.0. The number of hydrogen-bond donors (Lipinski definition) is 2. The number of rotatable bonds is 9. The lowest BCUT2D eigenvalue weighted by Gasteiger charge is -2.32. The van der Waals surface area contributed by atoms with Gasteiger partial charge in [-0.3, -0.25) is 0 Å². The molecule has 3 aromatic carbocycles. The molecule has 0 bridgehead atoms. The SMILES string of the molecule is CC1=CCC(Cc2ccccc2)(SNc2ccccc2S(=O)(=O)NCc2ccccc2)C=C1. The molecule has 0 saturated carbocycles. The van der Waals surface area contributed by atoms with Crippen LogP contribution in [0.1, 0.15) is 24.5 Å². The predicted octanol–water partition coefficient (Wildman–Crippen LogP) is 6.11. The van der Waals surface area contributed by atoms with Crippen LogP contribution in [0.25, 0.3) is 0 Å². The Bertz CT molecular complexity index is 1240. The summed E-state index contributed by atoms with van der Waals surface area (Å²) < 4.78 is 32.1. The van der Waals surface area contributed by atoms with Crippen LogP contribution in [0.3, 0.4) is 0 Å². The van der Waals surface area contributed by atoms with Crippen molar-refractivity contribution in [2.75, 3.05) is 4.72 Å². The fraction of sp³-hybridized carbons (Fsp3) is 0.185. The van der Waals surface area contributed by atoms with Gasteiger partial charge in [-0.15, -0.1) is 0 Å². The van der Waals surface area contributed by atoms with Crippen LogP contribution >= 0.6 is 11.9 Å². The van der Waals surface area contributed by atoms with Gasteiger partial charge in [-0.2, -0.15) is 0 Å². The lowest BCUT2D eigenvalue weighted by Crippen LogP contribution is -2.28. The monoisotopic (exact) mass is 476 g/mol. The minimum absolute atomic E-state index is 0.213. The normalized spacial score (nSPS) is 18.0. The zero-order valence-corrected chi connectivity index (χ0v) is 20.2. The quantitative estimate of drug-likeness (QED) is 0.366. The number of hydrogen-bond acceptors (Lipinski definition) is 4. The molecule has 4 nitrogen and oxygen atoms in total. The van der Waals surface area contributed by atoms with Crippen LogP contribution in [0.15, 0.2) is 114 Å². The van der Waals surface area contributed by atoms with Crippen LogP contribution in [0.4, 0.5) is 5.69 Å². The van der Waals surface area contributed by atoms with Gasteiger partial charge in [0.1, 0.15) is 4.90 Å². The second-order valence-electron chi connectivity index (χ2n) is 8.22. The van der Waals surface area contributed by atoms with Gasteiger partial charge < -0.3 is 4.72 Å². The van der Waals surface area contributed by atoms with Crippen LogP contribution < -0.4 is 9.44 Å². The molecule has 0 spiro atoms. The van der Waals surface area contributed by atoms with E-state index >= 15 is 0 Å². The smallest absolute Gasteiger partial charge is 0.242 e. The van der Waals surface area contributed by atoms with Gasteiger partial charge >= 0.3 is 0 Å². The highest BCUT2D eigenvalue weighted by Crippen LogP contribution is 2.39. The van der Waals surface area contributed by atoms with Gasteiger partial charge in [0.05, 0.1) is 10.4 Å². The van der Waals surface area contributed by atoms with E-state index in [1.54, 1.807) is 24.1 Å². The molecule has 1 aliphatic rings. The molecule has 4 rings (SSSR count). The average Bonchev–Trinajstić information content (AvgIpc) is 2.85. The van der Waals surface area contributed by atoms with Gasteiger partial charge in [0, 0.05) is 6.54 Å². The summed E-state index contributed by atoms with van der Waals surface area (Å²) in [6.07, 6.45) is 8.32. The number of sulfonamides is 1. The number of nitrogens with one attached hydrogen (secondary N) is 2. The fourth-order valence-electron chi connectivity index (χ4n) is 3.73. The summed E-state index contributed by atoms with van der Waals surface area (Å²) in [6, 6.07) is 27.0. The Morgan fingerprint density at radius 3 is 2.18 bits per heavy atom. The van der Waals surface area contributed by atoms with E-state index in [1.165, 1.54) is 11.1 Å². The first-order valence-electron chi connectivity index (χ1n) is 10.9. The van der Waals surface area contributed by atoms with E-state index in [2.05, 4.69) is 58.9 Å². The Morgan fingerprint density at radius 1 is 0.879 bits per heavy atom. The summed E-state index contributed by atoms with van der Waals surface area (Å²) >= 11 is 1.57. The van der Waals surface area contributed by atoms with Gasteiger partial charge in [-0.05, 0) is 55.0 Å². The number of benzene rings is 3. The fourth-order valence-corrected chi connectivity index (χ4v) is 6.01. The van der Waals surface area contributed by atoms with E-state index in [1.807, 2.05) is 48.5 Å². The summed E-state index contributed by atoms with van der Waals surface area (Å²) in [7, 11) is -3.69. The highest BCUT2D eigenvalue weighted by molar-refractivity contribution is 8.02. The highest BCUT2D eigenvalue weighted by atomic mass is 32.2. The third kappa shape index (κ3) is 6.16. The van der Waals surface area contributed by atoms with Crippen molar-refractivity contribution < 1.29 is 8.42 Å². The molecule has 0 fully saturated rings. The van der Waals surface area contributed by atoms with Crippen molar-refractivity contribution in [1.29, 1.82) is 0 Å². The van der Waals surface area contributed by atoms with Gasteiger partial charge in [-0.1, -0.05) is 96.6 Å². The Balaban J connectivity index is 1.53. The number of allylic oxidation sites excluding steroid dienone is 3. The number of para-hydroxylation sites is 1. The average molecular weight is 477 g/mol.